The maximum Gasteiger partial charge on any atom is 0.119 e. The summed E-state index contributed by atoms with van der Waals surface area (Å²) in [5.41, 5.74) is 1.22. The van der Waals surface area contributed by atoms with Crippen LogP contribution in [0.2, 0.25) is 0 Å². The summed E-state index contributed by atoms with van der Waals surface area (Å²) in [7, 11) is 0. The minimum Gasteiger partial charge on any atom is -0.491 e. The Balaban J connectivity index is 2.20. The molecule has 0 saturated carbocycles. The Labute approximate surface area is 121 Å². The van der Waals surface area contributed by atoms with Crippen LogP contribution in [-0.4, -0.2) is 42.1 Å². The Kier molecular flexibility index (Phi) is 8.26. The van der Waals surface area contributed by atoms with Gasteiger partial charge in [0.25, 0.3) is 0 Å². The van der Waals surface area contributed by atoms with Crippen molar-refractivity contribution in [2.75, 3.05) is 19.7 Å². The summed E-state index contributed by atoms with van der Waals surface area (Å²) in [6.45, 7) is 5.32. The standard InChI is InChI=1S/C16H27NO3/c1-3-6-14(18)10-17-11-15(19)12-20-16-8-5-7-13(4-2)9-16/h5,7-9,14-15,17-19H,3-4,6,10-12H2,1-2H3. The molecule has 1 aromatic carbocycles. The quantitative estimate of drug-likeness (QED) is 0.611. The normalized spacial score (nSPS) is 14.0. The number of benzene rings is 1. The Bertz CT molecular complexity index is 370. The third-order valence-corrected chi connectivity index (χ3v) is 3.13. The first-order chi connectivity index (χ1) is 9.65. The summed E-state index contributed by atoms with van der Waals surface area (Å²) >= 11 is 0. The van der Waals surface area contributed by atoms with Crippen LogP contribution >= 0.6 is 0 Å². The third-order valence-electron chi connectivity index (χ3n) is 3.13. The molecule has 114 valence electrons. The van der Waals surface area contributed by atoms with E-state index in [0.29, 0.717) is 13.1 Å². The maximum atomic E-state index is 9.81. The Morgan fingerprint density at radius 2 is 1.90 bits per heavy atom. The molecule has 0 aliphatic heterocycles. The zero-order chi connectivity index (χ0) is 14.8. The molecule has 3 N–H and O–H groups in total. The van der Waals surface area contributed by atoms with Crippen molar-refractivity contribution in [3.05, 3.63) is 29.8 Å². The van der Waals surface area contributed by atoms with E-state index in [4.69, 9.17) is 4.74 Å². The van der Waals surface area contributed by atoms with Crippen molar-refractivity contribution in [3.63, 3.8) is 0 Å². The first-order valence-corrected chi connectivity index (χ1v) is 7.44. The van der Waals surface area contributed by atoms with E-state index in [1.165, 1.54) is 5.56 Å². The predicted molar refractivity (Wildman–Crippen MR) is 81.1 cm³/mol. The molecule has 0 aliphatic carbocycles. The van der Waals surface area contributed by atoms with Crippen LogP contribution in [0.15, 0.2) is 24.3 Å². The fraction of sp³-hybridized carbons (Fsp3) is 0.625. The number of aliphatic hydroxyl groups is 2. The Hall–Kier alpha value is -1.10. The predicted octanol–water partition coefficient (Wildman–Crippen LogP) is 1.74. The average Bonchev–Trinajstić information content (AvgIpc) is 2.45. The summed E-state index contributed by atoms with van der Waals surface area (Å²) in [6, 6.07) is 7.90. The molecule has 1 rings (SSSR count). The van der Waals surface area contributed by atoms with Crippen molar-refractivity contribution in [2.24, 2.45) is 0 Å². The summed E-state index contributed by atoms with van der Waals surface area (Å²) in [6.07, 6.45) is 1.80. The summed E-state index contributed by atoms with van der Waals surface area (Å²) < 4.78 is 5.56. The van der Waals surface area contributed by atoms with Crippen molar-refractivity contribution in [2.45, 2.75) is 45.3 Å². The second kappa shape index (κ2) is 9.75. The van der Waals surface area contributed by atoms with Gasteiger partial charge in [0.1, 0.15) is 18.5 Å². The number of aryl methyl sites for hydroxylation is 1. The van der Waals surface area contributed by atoms with Gasteiger partial charge in [-0.2, -0.15) is 0 Å². The summed E-state index contributed by atoms with van der Waals surface area (Å²) in [5, 5.41) is 22.4. The maximum absolute atomic E-state index is 9.81. The van der Waals surface area contributed by atoms with Crippen LogP contribution in [0.25, 0.3) is 0 Å². The molecule has 2 unspecified atom stereocenters. The van der Waals surface area contributed by atoms with E-state index in [1.54, 1.807) is 0 Å². The van der Waals surface area contributed by atoms with Crippen LogP contribution in [0.1, 0.15) is 32.3 Å². The zero-order valence-corrected chi connectivity index (χ0v) is 12.5. The first-order valence-electron chi connectivity index (χ1n) is 7.44. The topological polar surface area (TPSA) is 61.7 Å². The lowest BCUT2D eigenvalue weighted by atomic mass is 10.2. The molecule has 0 fully saturated rings. The average molecular weight is 281 g/mol. The van der Waals surface area contributed by atoms with Crippen LogP contribution in [-0.2, 0) is 6.42 Å². The van der Waals surface area contributed by atoms with Gasteiger partial charge in [-0.05, 0) is 30.5 Å². The highest BCUT2D eigenvalue weighted by Gasteiger charge is 2.07. The molecule has 2 atom stereocenters. The van der Waals surface area contributed by atoms with Gasteiger partial charge in [0.2, 0.25) is 0 Å². The van der Waals surface area contributed by atoms with Crippen LogP contribution in [0.3, 0.4) is 0 Å². The number of nitrogens with one attached hydrogen (secondary N) is 1. The molecule has 0 spiro atoms. The fourth-order valence-corrected chi connectivity index (χ4v) is 1.96. The molecule has 0 amide bonds. The largest absolute Gasteiger partial charge is 0.491 e. The molecule has 20 heavy (non-hydrogen) atoms. The van der Waals surface area contributed by atoms with Gasteiger partial charge in [0.05, 0.1) is 6.10 Å². The van der Waals surface area contributed by atoms with Crippen molar-refractivity contribution in [1.29, 1.82) is 0 Å². The molecule has 0 bridgehead atoms. The van der Waals surface area contributed by atoms with Crippen molar-refractivity contribution < 1.29 is 14.9 Å². The molecule has 0 aliphatic rings. The van der Waals surface area contributed by atoms with Gasteiger partial charge >= 0.3 is 0 Å². The van der Waals surface area contributed by atoms with E-state index in [0.717, 1.165) is 25.0 Å². The van der Waals surface area contributed by atoms with E-state index in [-0.39, 0.29) is 12.7 Å². The van der Waals surface area contributed by atoms with Crippen LogP contribution in [0, 0.1) is 0 Å². The van der Waals surface area contributed by atoms with E-state index in [9.17, 15) is 10.2 Å². The Morgan fingerprint density at radius 3 is 2.60 bits per heavy atom. The number of hydrogen-bond donors (Lipinski definition) is 3. The lowest BCUT2D eigenvalue weighted by Crippen LogP contribution is -2.35. The van der Waals surface area contributed by atoms with Gasteiger partial charge in [-0.25, -0.2) is 0 Å². The minimum absolute atomic E-state index is 0.254. The monoisotopic (exact) mass is 281 g/mol. The van der Waals surface area contributed by atoms with E-state index >= 15 is 0 Å². The number of aliphatic hydroxyl groups excluding tert-OH is 2. The highest BCUT2D eigenvalue weighted by atomic mass is 16.5. The lowest BCUT2D eigenvalue weighted by Gasteiger charge is -2.15. The van der Waals surface area contributed by atoms with Crippen LogP contribution in [0.4, 0.5) is 0 Å². The molecule has 0 radical (unpaired) electrons. The van der Waals surface area contributed by atoms with E-state index < -0.39 is 6.10 Å². The molecule has 0 heterocycles. The molecule has 0 saturated heterocycles. The molecule has 4 heteroatoms. The van der Waals surface area contributed by atoms with Crippen molar-refractivity contribution in [1.82, 2.24) is 5.32 Å². The molecular formula is C16H27NO3. The van der Waals surface area contributed by atoms with Gasteiger partial charge < -0.3 is 20.3 Å². The van der Waals surface area contributed by atoms with Gasteiger partial charge in [-0.3, -0.25) is 0 Å². The first kappa shape index (κ1) is 17.0. The zero-order valence-electron chi connectivity index (χ0n) is 12.5. The van der Waals surface area contributed by atoms with Gasteiger partial charge in [-0.1, -0.05) is 32.4 Å². The SMILES string of the molecule is CCCC(O)CNCC(O)COc1cccc(CC)c1. The van der Waals surface area contributed by atoms with Crippen molar-refractivity contribution >= 4 is 0 Å². The summed E-state index contributed by atoms with van der Waals surface area (Å²) in [4.78, 5) is 0. The highest BCUT2D eigenvalue weighted by Crippen LogP contribution is 2.13. The van der Waals surface area contributed by atoms with Gasteiger partial charge in [0.15, 0.2) is 0 Å². The second-order valence-corrected chi connectivity index (χ2v) is 5.07. The Morgan fingerprint density at radius 1 is 1.15 bits per heavy atom. The third kappa shape index (κ3) is 6.89. The van der Waals surface area contributed by atoms with Gasteiger partial charge in [-0.15, -0.1) is 0 Å². The number of rotatable bonds is 10. The fourth-order valence-electron chi connectivity index (χ4n) is 1.96. The van der Waals surface area contributed by atoms with E-state index in [2.05, 4.69) is 18.3 Å². The molecule has 1 aromatic rings. The van der Waals surface area contributed by atoms with Crippen molar-refractivity contribution in [3.8, 4) is 5.75 Å². The second-order valence-electron chi connectivity index (χ2n) is 5.07. The smallest absolute Gasteiger partial charge is 0.119 e. The molecule has 4 nitrogen and oxygen atoms in total. The highest BCUT2D eigenvalue weighted by molar-refractivity contribution is 5.28. The molecular weight excluding hydrogens is 254 g/mol. The minimum atomic E-state index is -0.575. The van der Waals surface area contributed by atoms with Crippen LogP contribution in [0.5, 0.6) is 5.75 Å². The number of hydrogen-bond acceptors (Lipinski definition) is 4. The van der Waals surface area contributed by atoms with Gasteiger partial charge in [0, 0.05) is 13.1 Å². The van der Waals surface area contributed by atoms with E-state index in [1.807, 2.05) is 25.1 Å². The summed E-state index contributed by atoms with van der Waals surface area (Å²) in [5.74, 6) is 0.786. The number of ether oxygens (including phenoxy) is 1. The van der Waals surface area contributed by atoms with Crippen LogP contribution < -0.4 is 10.1 Å². The lowest BCUT2D eigenvalue weighted by molar-refractivity contribution is 0.0984. The molecule has 0 aromatic heterocycles.